The fourth-order valence-electron chi connectivity index (χ4n) is 3.68. The molecule has 3 aromatic carbocycles. The molecule has 0 saturated carbocycles. The molecule has 0 spiro atoms. The molecule has 0 fully saturated rings. The Bertz CT molecular complexity index is 1560. The Morgan fingerprint density at radius 2 is 1.68 bits per heavy atom. The Kier molecular flexibility index (Phi) is 7.65. The molecule has 1 aromatic heterocycles. The Morgan fingerprint density at radius 1 is 0.973 bits per heavy atom. The van der Waals surface area contributed by atoms with E-state index in [2.05, 4.69) is 20.0 Å². The molecule has 0 aliphatic carbocycles. The van der Waals surface area contributed by atoms with Crippen LogP contribution < -0.4 is 14.8 Å². The number of aromatic nitrogens is 2. The third kappa shape index (κ3) is 6.38. The van der Waals surface area contributed by atoms with Crippen LogP contribution in [0.15, 0.2) is 71.6 Å². The average molecular weight is 524 g/mol. The number of ketones is 1. The Labute approximate surface area is 214 Å². The van der Waals surface area contributed by atoms with Gasteiger partial charge >= 0.3 is 0 Å². The molecule has 0 amide bonds. The minimum Gasteiger partial charge on any atom is -0.494 e. The topological polar surface area (TPSA) is 114 Å². The number of nitrogens with zero attached hydrogens (tertiary/aromatic N) is 3. The molecule has 37 heavy (non-hydrogen) atoms. The highest BCUT2D eigenvalue weighted by Crippen LogP contribution is 2.29. The number of Topliss-reactive ketones (excluding diaryl/α,β-unsaturated/α-hetero) is 1. The van der Waals surface area contributed by atoms with Crippen LogP contribution in [-0.2, 0) is 21.2 Å². The van der Waals surface area contributed by atoms with E-state index in [-0.39, 0.29) is 41.0 Å². The van der Waals surface area contributed by atoms with Crippen LogP contribution in [0.3, 0.4) is 0 Å². The van der Waals surface area contributed by atoms with Crippen LogP contribution in [0.25, 0.3) is 11.0 Å². The van der Waals surface area contributed by atoms with Crippen LogP contribution >= 0.6 is 0 Å². The number of likely N-dealkylation sites (N-methyl/N-ethyl adjacent to an activating group) is 1. The molecule has 9 nitrogen and oxygen atoms in total. The molecule has 4 aromatic rings. The molecule has 0 saturated heterocycles. The zero-order valence-corrected chi connectivity index (χ0v) is 21.3. The maximum absolute atomic E-state index is 13.9. The van der Waals surface area contributed by atoms with Crippen LogP contribution in [0.1, 0.15) is 5.56 Å². The standard InChI is InChI=1S/C26H26FN5O4S/c1-32(2)16-19(33)13-17-7-6-8-20(14-17)37(34,35)31-26-25(29-22-9-4-5-10-23(22)30-26)28-18-11-12-21(27)24(15-18)36-3/h4-12,14-15H,13,16H2,1-3H3,(H,28,29)(H,30,31). The smallest absolute Gasteiger partial charge is 0.263 e. The van der Waals surface area contributed by atoms with Crippen molar-refractivity contribution in [2.75, 3.05) is 37.8 Å². The maximum atomic E-state index is 13.9. The van der Waals surface area contributed by atoms with Crippen molar-refractivity contribution >= 4 is 44.2 Å². The molecular weight excluding hydrogens is 497 g/mol. The molecule has 192 valence electrons. The first kappa shape index (κ1) is 26.0. The van der Waals surface area contributed by atoms with E-state index in [1.165, 1.54) is 37.4 Å². The normalized spacial score (nSPS) is 11.5. The number of nitrogens with one attached hydrogen (secondary N) is 2. The summed E-state index contributed by atoms with van der Waals surface area (Å²) >= 11 is 0. The molecule has 0 unspecified atom stereocenters. The summed E-state index contributed by atoms with van der Waals surface area (Å²) in [5.41, 5.74) is 2.01. The molecule has 4 rings (SSSR count). The average Bonchev–Trinajstić information content (AvgIpc) is 2.85. The molecule has 0 atom stereocenters. The fourth-order valence-corrected chi connectivity index (χ4v) is 4.76. The van der Waals surface area contributed by atoms with Gasteiger partial charge in [-0.1, -0.05) is 24.3 Å². The summed E-state index contributed by atoms with van der Waals surface area (Å²) in [5.74, 6) is -0.484. The van der Waals surface area contributed by atoms with Gasteiger partial charge in [0.2, 0.25) is 0 Å². The van der Waals surface area contributed by atoms with Crippen LogP contribution in [0.2, 0.25) is 0 Å². The highest BCUT2D eigenvalue weighted by molar-refractivity contribution is 7.92. The lowest BCUT2D eigenvalue weighted by Crippen LogP contribution is -2.23. The van der Waals surface area contributed by atoms with E-state index in [0.717, 1.165) is 0 Å². The number of hydrogen-bond acceptors (Lipinski definition) is 8. The number of hydrogen-bond donors (Lipinski definition) is 2. The highest BCUT2D eigenvalue weighted by atomic mass is 32.2. The zero-order chi connectivity index (χ0) is 26.6. The van der Waals surface area contributed by atoms with Gasteiger partial charge in [0.15, 0.2) is 29.0 Å². The van der Waals surface area contributed by atoms with Crippen LogP contribution in [0.5, 0.6) is 5.75 Å². The second-order valence-corrected chi connectivity index (χ2v) is 10.3. The number of halogens is 1. The largest absolute Gasteiger partial charge is 0.494 e. The first-order valence-corrected chi connectivity index (χ1v) is 12.8. The Morgan fingerprint density at radius 3 is 2.35 bits per heavy atom. The summed E-state index contributed by atoms with van der Waals surface area (Å²) in [4.78, 5) is 22.9. The predicted molar refractivity (Wildman–Crippen MR) is 140 cm³/mol. The fraction of sp³-hybridized carbons (Fsp3) is 0.192. The summed E-state index contributed by atoms with van der Waals surface area (Å²) in [7, 11) is 0.836. The molecule has 0 bridgehead atoms. The van der Waals surface area contributed by atoms with E-state index < -0.39 is 15.8 Å². The van der Waals surface area contributed by atoms with E-state index in [1.807, 2.05) is 0 Å². The number of rotatable bonds is 10. The number of ether oxygens (including phenoxy) is 1. The first-order chi connectivity index (χ1) is 17.6. The third-order valence-electron chi connectivity index (χ3n) is 5.32. The summed E-state index contributed by atoms with van der Waals surface area (Å²) in [5, 5.41) is 3.00. The molecule has 0 aliphatic heterocycles. The molecular formula is C26H26FN5O4S. The van der Waals surface area contributed by atoms with E-state index >= 15 is 0 Å². The molecule has 2 N–H and O–H groups in total. The third-order valence-corrected chi connectivity index (χ3v) is 6.65. The van der Waals surface area contributed by atoms with Gasteiger partial charge in [-0.15, -0.1) is 0 Å². The Hall–Kier alpha value is -4.09. The number of carbonyl (C=O) groups excluding carboxylic acids is 1. The van der Waals surface area contributed by atoms with Gasteiger partial charge in [0, 0.05) is 18.2 Å². The van der Waals surface area contributed by atoms with Gasteiger partial charge in [-0.3, -0.25) is 9.52 Å². The predicted octanol–water partition coefficient (Wildman–Crippen LogP) is 4.00. The van der Waals surface area contributed by atoms with Gasteiger partial charge in [-0.25, -0.2) is 22.8 Å². The summed E-state index contributed by atoms with van der Waals surface area (Å²) in [6.45, 7) is 0.255. The number of carbonyl (C=O) groups is 1. The summed E-state index contributed by atoms with van der Waals surface area (Å²) in [6.07, 6.45) is 0.108. The minimum atomic E-state index is -4.10. The van der Waals surface area contributed by atoms with Crippen LogP contribution in [0.4, 0.5) is 21.7 Å². The molecule has 0 aliphatic rings. The number of methoxy groups -OCH3 is 1. The summed E-state index contributed by atoms with van der Waals surface area (Å²) < 4.78 is 48.1. The second kappa shape index (κ2) is 10.9. The SMILES string of the molecule is COc1cc(Nc2nc3ccccc3nc2NS(=O)(=O)c2cccc(CC(=O)CN(C)C)c2)ccc1F. The Balaban J connectivity index is 1.68. The van der Waals surface area contributed by atoms with E-state index in [9.17, 15) is 17.6 Å². The van der Waals surface area contributed by atoms with Crippen molar-refractivity contribution in [1.82, 2.24) is 14.9 Å². The molecule has 1 heterocycles. The van der Waals surface area contributed by atoms with Gasteiger partial charge in [0.1, 0.15) is 0 Å². The minimum absolute atomic E-state index is 0.0153. The van der Waals surface area contributed by atoms with Gasteiger partial charge in [-0.2, -0.15) is 0 Å². The zero-order valence-electron chi connectivity index (χ0n) is 20.5. The quantitative estimate of drug-likeness (QED) is 0.321. The van der Waals surface area contributed by atoms with Crippen molar-refractivity contribution in [1.29, 1.82) is 0 Å². The van der Waals surface area contributed by atoms with Gasteiger partial charge in [-0.05, 0) is 56.1 Å². The van der Waals surface area contributed by atoms with Crippen LogP contribution in [0, 0.1) is 5.82 Å². The lowest BCUT2D eigenvalue weighted by Gasteiger charge is -2.15. The lowest BCUT2D eigenvalue weighted by atomic mass is 10.1. The monoisotopic (exact) mass is 523 g/mol. The van der Waals surface area contributed by atoms with Crippen molar-refractivity contribution in [2.45, 2.75) is 11.3 Å². The lowest BCUT2D eigenvalue weighted by molar-refractivity contribution is -0.119. The van der Waals surface area contributed by atoms with Gasteiger partial charge in [0.05, 0.1) is 29.6 Å². The van der Waals surface area contributed by atoms with E-state index in [0.29, 0.717) is 22.3 Å². The number of sulfonamides is 1. The van der Waals surface area contributed by atoms with E-state index in [4.69, 9.17) is 4.74 Å². The first-order valence-electron chi connectivity index (χ1n) is 11.3. The van der Waals surface area contributed by atoms with E-state index in [1.54, 1.807) is 55.4 Å². The second-order valence-electron chi connectivity index (χ2n) is 8.59. The maximum Gasteiger partial charge on any atom is 0.263 e. The molecule has 0 radical (unpaired) electrons. The van der Waals surface area contributed by atoms with Gasteiger partial charge < -0.3 is 15.0 Å². The van der Waals surface area contributed by atoms with Crippen molar-refractivity contribution in [3.63, 3.8) is 0 Å². The number of benzene rings is 3. The highest BCUT2D eigenvalue weighted by Gasteiger charge is 2.20. The summed E-state index contributed by atoms with van der Waals surface area (Å²) in [6, 6.07) is 17.3. The van der Waals surface area contributed by atoms with Crippen molar-refractivity contribution in [2.24, 2.45) is 0 Å². The van der Waals surface area contributed by atoms with Crippen molar-refractivity contribution < 1.29 is 22.3 Å². The number of fused-ring (bicyclic) bond motifs is 1. The molecule has 11 heteroatoms. The number of anilines is 3. The van der Waals surface area contributed by atoms with Crippen molar-refractivity contribution in [3.05, 3.63) is 78.1 Å². The van der Waals surface area contributed by atoms with Gasteiger partial charge in [0.25, 0.3) is 10.0 Å². The van der Waals surface area contributed by atoms with Crippen LogP contribution in [-0.4, -0.2) is 56.8 Å². The van der Waals surface area contributed by atoms with Crippen molar-refractivity contribution in [3.8, 4) is 5.75 Å². The number of para-hydroxylation sites is 2.